The summed E-state index contributed by atoms with van der Waals surface area (Å²) >= 11 is 9.19. The maximum Gasteiger partial charge on any atom is 0.262 e. The maximum absolute atomic E-state index is 12.1. The van der Waals surface area contributed by atoms with Crippen LogP contribution in [0.15, 0.2) is 40.9 Å². The molecule has 2 rings (SSSR count). The average Bonchev–Trinajstić information content (AvgIpc) is 2.49. The van der Waals surface area contributed by atoms with Gasteiger partial charge in [0.05, 0.1) is 4.47 Å². The Morgan fingerprint density at radius 1 is 1.17 bits per heavy atom. The Balaban J connectivity index is 2.00. The van der Waals surface area contributed by atoms with Gasteiger partial charge in [-0.2, -0.15) is 0 Å². The molecule has 0 radical (unpaired) electrons. The van der Waals surface area contributed by atoms with Crippen LogP contribution in [0.2, 0.25) is 5.02 Å². The zero-order valence-corrected chi connectivity index (χ0v) is 15.5. The quantitative estimate of drug-likeness (QED) is 0.767. The summed E-state index contributed by atoms with van der Waals surface area (Å²) < 4.78 is 6.15. The SMILES string of the molecule is CC(=O)Nc1ccc(C)c(NC(=O)COc2ccc(Cl)cc2Br)c1. The van der Waals surface area contributed by atoms with Crippen molar-refractivity contribution in [3.05, 3.63) is 51.5 Å². The predicted molar refractivity (Wildman–Crippen MR) is 98.8 cm³/mol. The molecule has 0 spiro atoms. The molecule has 2 N–H and O–H groups in total. The number of aryl methyl sites for hydroxylation is 1. The Kier molecular flexibility index (Phi) is 6.23. The molecular weight excluding hydrogens is 396 g/mol. The zero-order chi connectivity index (χ0) is 17.7. The molecule has 0 aliphatic carbocycles. The number of carbonyl (C=O) groups is 2. The van der Waals surface area contributed by atoms with Crippen LogP contribution in [0.1, 0.15) is 12.5 Å². The van der Waals surface area contributed by atoms with E-state index in [-0.39, 0.29) is 18.4 Å². The number of hydrogen-bond donors (Lipinski definition) is 2. The average molecular weight is 412 g/mol. The third-order valence-electron chi connectivity index (χ3n) is 3.08. The van der Waals surface area contributed by atoms with E-state index < -0.39 is 0 Å². The van der Waals surface area contributed by atoms with Gasteiger partial charge < -0.3 is 15.4 Å². The third kappa shape index (κ3) is 5.25. The lowest BCUT2D eigenvalue weighted by Crippen LogP contribution is -2.21. The number of amides is 2. The number of nitrogens with one attached hydrogen (secondary N) is 2. The van der Waals surface area contributed by atoms with Gasteiger partial charge in [-0.25, -0.2) is 0 Å². The summed E-state index contributed by atoms with van der Waals surface area (Å²) in [6, 6.07) is 10.3. The van der Waals surface area contributed by atoms with E-state index in [2.05, 4.69) is 26.6 Å². The second-order valence-corrected chi connectivity index (χ2v) is 6.41. The highest BCUT2D eigenvalue weighted by molar-refractivity contribution is 9.10. The Labute approximate surface area is 153 Å². The number of anilines is 2. The molecule has 0 saturated heterocycles. The van der Waals surface area contributed by atoms with E-state index in [1.807, 2.05) is 13.0 Å². The lowest BCUT2D eigenvalue weighted by atomic mass is 10.1. The minimum atomic E-state index is -0.306. The molecule has 5 nitrogen and oxygen atoms in total. The van der Waals surface area contributed by atoms with Crippen molar-refractivity contribution in [1.29, 1.82) is 0 Å². The van der Waals surface area contributed by atoms with Crippen LogP contribution >= 0.6 is 27.5 Å². The molecule has 0 aromatic heterocycles. The lowest BCUT2D eigenvalue weighted by Gasteiger charge is -2.12. The number of benzene rings is 2. The molecule has 24 heavy (non-hydrogen) atoms. The maximum atomic E-state index is 12.1. The smallest absolute Gasteiger partial charge is 0.262 e. The summed E-state index contributed by atoms with van der Waals surface area (Å²) in [7, 11) is 0. The Bertz CT molecular complexity index is 780. The van der Waals surface area contributed by atoms with E-state index in [1.54, 1.807) is 30.3 Å². The first-order valence-electron chi connectivity index (χ1n) is 7.11. The van der Waals surface area contributed by atoms with Gasteiger partial charge in [0.25, 0.3) is 5.91 Å². The van der Waals surface area contributed by atoms with Gasteiger partial charge in [0.15, 0.2) is 6.61 Å². The summed E-state index contributed by atoms with van der Waals surface area (Å²) in [6.45, 7) is 3.14. The molecule has 0 saturated carbocycles. The molecule has 0 fully saturated rings. The molecule has 2 aromatic carbocycles. The molecule has 126 valence electrons. The largest absolute Gasteiger partial charge is 0.483 e. The lowest BCUT2D eigenvalue weighted by molar-refractivity contribution is -0.118. The number of hydrogen-bond acceptors (Lipinski definition) is 3. The van der Waals surface area contributed by atoms with E-state index in [9.17, 15) is 9.59 Å². The number of carbonyl (C=O) groups excluding carboxylic acids is 2. The molecule has 0 atom stereocenters. The van der Waals surface area contributed by atoms with Crippen LogP contribution in [0, 0.1) is 6.92 Å². The first kappa shape index (κ1) is 18.3. The Morgan fingerprint density at radius 2 is 1.92 bits per heavy atom. The fraction of sp³-hybridized carbons (Fsp3) is 0.176. The van der Waals surface area contributed by atoms with Gasteiger partial charge in [-0.05, 0) is 58.7 Å². The van der Waals surface area contributed by atoms with Crippen molar-refractivity contribution in [3.8, 4) is 5.75 Å². The monoisotopic (exact) mass is 410 g/mol. The minimum absolute atomic E-state index is 0.149. The topological polar surface area (TPSA) is 67.4 Å². The first-order valence-corrected chi connectivity index (χ1v) is 8.28. The van der Waals surface area contributed by atoms with Crippen molar-refractivity contribution in [2.45, 2.75) is 13.8 Å². The van der Waals surface area contributed by atoms with Crippen LogP contribution in [0.4, 0.5) is 11.4 Å². The second kappa shape index (κ2) is 8.17. The van der Waals surface area contributed by atoms with Gasteiger partial charge in [0.1, 0.15) is 5.75 Å². The minimum Gasteiger partial charge on any atom is -0.483 e. The summed E-state index contributed by atoms with van der Waals surface area (Å²) in [4.78, 5) is 23.2. The van der Waals surface area contributed by atoms with E-state index in [4.69, 9.17) is 16.3 Å². The van der Waals surface area contributed by atoms with Gasteiger partial charge in [-0.1, -0.05) is 17.7 Å². The highest BCUT2D eigenvalue weighted by Crippen LogP contribution is 2.28. The van der Waals surface area contributed by atoms with E-state index in [1.165, 1.54) is 6.92 Å². The second-order valence-electron chi connectivity index (χ2n) is 5.12. The fourth-order valence-electron chi connectivity index (χ4n) is 1.96. The molecule has 2 aromatic rings. The van der Waals surface area contributed by atoms with Crippen molar-refractivity contribution >= 4 is 50.7 Å². The molecule has 0 aliphatic rings. The van der Waals surface area contributed by atoms with Gasteiger partial charge in [0, 0.05) is 23.3 Å². The molecule has 0 bridgehead atoms. The van der Waals surface area contributed by atoms with Gasteiger partial charge in [-0.3, -0.25) is 9.59 Å². The van der Waals surface area contributed by atoms with Crippen LogP contribution < -0.4 is 15.4 Å². The molecule has 0 unspecified atom stereocenters. The number of halogens is 2. The third-order valence-corrected chi connectivity index (χ3v) is 3.94. The van der Waals surface area contributed by atoms with Gasteiger partial charge >= 0.3 is 0 Å². The summed E-state index contributed by atoms with van der Waals surface area (Å²) in [5.74, 6) is 0.0465. The van der Waals surface area contributed by atoms with Gasteiger partial charge in [0.2, 0.25) is 5.91 Å². The molecule has 7 heteroatoms. The standard InChI is InChI=1S/C17H16BrClN2O3/c1-10-3-5-13(20-11(2)22)8-15(10)21-17(23)9-24-16-6-4-12(19)7-14(16)18/h3-8H,9H2,1-2H3,(H,20,22)(H,21,23). The predicted octanol–water partition coefficient (Wildman–Crippen LogP) is 4.39. The number of rotatable bonds is 5. The molecule has 0 heterocycles. The summed E-state index contributed by atoms with van der Waals surface area (Å²) in [5, 5.41) is 6.02. The summed E-state index contributed by atoms with van der Waals surface area (Å²) in [5.41, 5.74) is 2.11. The summed E-state index contributed by atoms with van der Waals surface area (Å²) in [6.07, 6.45) is 0. The number of ether oxygens (including phenoxy) is 1. The van der Waals surface area contributed by atoms with Crippen LogP contribution in [0.3, 0.4) is 0 Å². The van der Waals surface area contributed by atoms with Crippen LogP contribution in [-0.2, 0) is 9.59 Å². The van der Waals surface area contributed by atoms with Crippen molar-refractivity contribution < 1.29 is 14.3 Å². The van der Waals surface area contributed by atoms with E-state index in [0.29, 0.717) is 26.6 Å². The molecular formula is C17H16BrClN2O3. The highest BCUT2D eigenvalue weighted by atomic mass is 79.9. The van der Waals surface area contributed by atoms with Crippen LogP contribution in [0.25, 0.3) is 0 Å². The van der Waals surface area contributed by atoms with Crippen molar-refractivity contribution in [2.75, 3.05) is 17.2 Å². The van der Waals surface area contributed by atoms with E-state index >= 15 is 0 Å². The highest BCUT2D eigenvalue weighted by Gasteiger charge is 2.09. The van der Waals surface area contributed by atoms with Crippen molar-refractivity contribution in [3.63, 3.8) is 0 Å². The normalized spacial score (nSPS) is 10.2. The van der Waals surface area contributed by atoms with Crippen LogP contribution in [0.5, 0.6) is 5.75 Å². The Hall–Kier alpha value is -2.05. The van der Waals surface area contributed by atoms with E-state index in [0.717, 1.165) is 5.56 Å². The first-order chi connectivity index (χ1) is 11.3. The fourth-order valence-corrected chi connectivity index (χ4v) is 2.76. The zero-order valence-electron chi connectivity index (χ0n) is 13.2. The van der Waals surface area contributed by atoms with Gasteiger partial charge in [-0.15, -0.1) is 0 Å². The van der Waals surface area contributed by atoms with Crippen molar-refractivity contribution in [2.24, 2.45) is 0 Å². The van der Waals surface area contributed by atoms with Crippen molar-refractivity contribution in [1.82, 2.24) is 0 Å². The van der Waals surface area contributed by atoms with Crippen LogP contribution in [-0.4, -0.2) is 18.4 Å². The molecule has 2 amide bonds. The molecule has 0 aliphatic heterocycles. The Morgan fingerprint density at radius 3 is 2.58 bits per heavy atom.